The molecule has 0 fully saturated rings. The maximum atomic E-state index is 7.16. The molecule has 0 saturated heterocycles. The largest absolute Gasteiger partial charge is 0.457 e. The molecule has 18 aromatic rings. The molecule has 1 aliphatic carbocycles. The fourth-order valence-electron chi connectivity index (χ4n) is 17.1. The Hall–Kier alpha value is -14.1. The van der Waals surface area contributed by atoms with E-state index in [4.69, 9.17) is 39.4 Å². The van der Waals surface area contributed by atoms with Crippen LogP contribution in [-0.4, -0.2) is 42.5 Å². The normalized spacial score (nSPS) is 13.9. The third-order valence-corrected chi connectivity index (χ3v) is 25.8. The fourth-order valence-corrected chi connectivity index (χ4v) is 20.2. The molecule has 0 radical (unpaired) electrons. The van der Waals surface area contributed by atoms with Crippen LogP contribution >= 0.6 is 0 Å². The zero-order valence-corrected chi connectivity index (χ0v) is 60.5. The molecule has 2 aliphatic heterocycles. The van der Waals surface area contributed by atoms with E-state index in [1.807, 2.05) is 170 Å². The van der Waals surface area contributed by atoms with Crippen molar-refractivity contribution in [3.8, 4) is 153 Å². The van der Waals surface area contributed by atoms with Crippen LogP contribution in [0.25, 0.3) is 151 Å². The Morgan fingerprint density at radius 1 is 0.257 bits per heavy atom. The average molecular weight is 1410 g/mol. The van der Waals surface area contributed by atoms with Crippen molar-refractivity contribution in [2.45, 2.75) is 18.5 Å². The first-order valence-corrected chi connectivity index (χ1v) is 40.0. The van der Waals surface area contributed by atoms with Crippen molar-refractivity contribution in [2.24, 2.45) is 0 Å². The minimum absolute atomic E-state index is 0.579. The van der Waals surface area contributed by atoms with Crippen LogP contribution in [0.4, 0.5) is 0 Å². The molecule has 9 nitrogen and oxygen atoms in total. The van der Waals surface area contributed by atoms with Gasteiger partial charge in [-0.15, -0.1) is 0 Å². The number of para-hydroxylation sites is 2. The summed E-state index contributed by atoms with van der Waals surface area (Å²) < 4.78 is 16.3. The third-order valence-electron chi connectivity index (χ3n) is 22.3. The van der Waals surface area contributed by atoms with Gasteiger partial charge in [0.25, 0.3) is 0 Å². The highest BCUT2D eigenvalue weighted by atomic mass is 28.3. The Morgan fingerprint density at radius 2 is 0.670 bits per heavy atom. The fraction of sp³-hybridized carbons (Fsp3) is 0.0303. The molecule has 10 heteroatoms. The molecule has 0 bridgehead atoms. The third kappa shape index (κ3) is 10.5. The monoisotopic (exact) mass is 1410 g/mol. The van der Waals surface area contributed by atoms with Gasteiger partial charge in [-0.2, -0.15) is 0 Å². The summed E-state index contributed by atoms with van der Waals surface area (Å²) in [5, 5.41) is 5.30. The van der Waals surface area contributed by atoms with Crippen LogP contribution in [0.3, 0.4) is 0 Å². The molecule has 0 amide bonds. The van der Waals surface area contributed by atoms with Crippen molar-refractivity contribution in [1.29, 1.82) is 0 Å². The van der Waals surface area contributed by atoms with Gasteiger partial charge in [-0.05, 0) is 186 Å². The highest BCUT2D eigenvalue weighted by molar-refractivity contribution is 7.03. The van der Waals surface area contributed by atoms with E-state index >= 15 is 0 Å². The van der Waals surface area contributed by atoms with Crippen LogP contribution in [0, 0.1) is 0 Å². The van der Waals surface area contributed by atoms with Crippen molar-refractivity contribution >= 4 is 40.3 Å². The van der Waals surface area contributed by atoms with E-state index in [9.17, 15) is 0 Å². The van der Waals surface area contributed by atoms with Crippen molar-refractivity contribution < 1.29 is 9.47 Å². The average Bonchev–Trinajstić information content (AvgIpc) is 1.52. The highest BCUT2D eigenvalue weighted by Crippen LogP contribution is 2.62. The van der Waals surface area contributed by atoms with Crippen molar-refractivity contribution in [1.82, 2.24) is 34.5 Å². The second-order valence-electron chi connectivity index (χ2n) is 28.8. The Labute approximate surface area is 631 Å². The van der Waals surface area contributed by atoms with E-state index in [0.717, 1.165) is 94.9 Å². The summed E-state index contributed by atoms with van der Waals surface area (Å²) in [5.74, 6) is 6.49. The molecular formula is C99H65N7O2Si. The molecule has 21 rings (SSSR count). The predicted molar refractivity (Wildman–Crippen MR) is 443 cm³/mol. The van der Waals surface area contributed by atoms with Gasteiger partial charge in [0, 0.05) is 49.7 Å². The molecule has 15 aromatic carbocycles. The van der Waals surface area contributed by atoms with Gasteiger partial charge in [-0.3, -0.25) is 0 Å². The molecule has 3 aromatic heterocycles. The number of fused-ring (bicyclic) bond motifs is 15. The van der Waals surface area contributed by atoms with Crippen LogP contribution in [-0.2, 0) is 5.41 Å². The van der Waals surface area contributed by atoms with E-state index in [0.29, 0.717) is 46.4 Å². The summed E-state index contributed by atoms with van der Waals surface area (Å²) in [4.78, 5) is 29.8. The molecule has 0 saturated carbocycles. The van der Waals surface area contributed by atoms with Crippen LogP contribution < -0.4 is 19.8 Å². The maximum absolute atomic E-state index is 7.16. The Kier molecular flexibility index (Phi) is 14.7. The molecule has 5 heterocycles. The second kappa shape index (κ2) is 25.3. The van der Waals surface area contributed by atoms with Gasteiger partial charge < -0.3 is 14.0 Å². The van der Waals surface area contributed by atoms with Crippen LogP contribution in [0.5, 0.6) is 23.0 Å². The van der Waals surface area contributed by atoms with Crippen LogP contribution in [0.15, 0.2) is 358 Å². The van der Waals surface area contributed by atoms with Gasteiger partial charge >= 0.3 is 0 Å². The van der Waals surface area contributed by atoms with Crippen LogP contribution in [0.2, 0.25) is 13.1 Å². The first-order chi connectivity index (χ1) is 53.7. The van der Waals surface area contributed by atoms with E-state index in [1.165, 1.54) is 65.8 Å². The standard InChI is InChI=1S/C99H65N7O2Si/c1-109(2)90-37-20-16-31-78(90)82-59-70(47-57-91(82)109)69-46-56-89(108-75-52-42-68(43-53-75)98-104-95(65-26-11-5-12-27-65)101-96(105-98)66-28-13-6-14-29-66)80(58-69)72-45-55-87-81(60-72)79-32-21-35-85-92(79)106(87)88-36-19-18-34-84(88)99(85)83-33-17-15-30-76(83)77-54-44-71(61-86(77)99)62-38-48-73(49-39-62)107-74-50-40-67(41-51-74)97-102-93(63-22-7-3-8-23-63)100-94(103-97)64-24-9-4-10-25-64/h3-61H,1-2H3. The zero-order valence-electron chi connectivity index (χ0n) is 59.5. The van der Waals surface area contributed by atoms with Crippen molar-refractivity contribution in [2.75, 3.05) is 0 Å². The lowest BCUT2D eigenvalue weighted by molar-refractivity contribution is 0.483. The first-order valence-electron chi connectivity index (χ1n) is 37.0. The van der Waals surface area contributed by atoms with Crippen LogP contribution in [0.1, 0.15) is 22.3 Å². The summed E-state index contributed by atoms with van der Waals surface area (Å²) >= 11 is 0. The number of benzene rings is 15. The van der Waals surface area contributed by atoms with Gasteiger partial charge in [0.1, 0.15) is 31.1 Å². The quantitative estimate of drug-likeness (QED) is 0.105. The number of ether oxygens (including phenoxy) is 2. The molecule has 109 heavy (non-hydrogen) atoms. The van der Waals surface area contributed by atoms with Crippen molar-refractivity contribution in [3.05, 3.63) is 380 Å². The van der Waals surface area contributed by atoms with Gasteiger partial charge in [0.15, 0.2) is 34.9 Å². The predicted octanol–water partition coefficient (Wildman–Crippen LogP) is 23.2. The highest BCUT2D eigenvalue weighted by Gasteiger charge is 2.51. The summed E-state index contributed by atoms with van der Waals surface area (Å²) in [6, 6.07) is 127. The molecule has 1 atom stereocenters. The van der Waals surface area contributed by atoms with Crippen molar-refractivity contribution in [3.63, 3.8) is 0 Å². The molecular weight excluding hydrogens is 1350 g/mol. The van der Waals surface area contributed by atoms with Gasteiger partial charge in [0.2, 0.25) is 0 Å². The minimum Gasteiger partial charge on any atom is -0.457 e. The van der Waals surface area contributed by atoms with E-state index in [1.54, 1.807) is 0 Å². The van der Waals surface area contributed by atoms with E-state index in [2.05, 4.69) is 206 Å². The Morgan fingerprint density at radius 3 is 1.25 bits per heavy atom. The maximum Gasteiger partial charge on any atom is 0.164 e. The molecule has 512 valence electrons. The number of hydrogen-bond donors (Lipinski definition) is 0. The summed E-state index contributed by atoms with van der Waals surface area (Å²) in [7, 11) is -1.89. The van der Waals surface area contributed by atoms with E-state index < -0.39 is 13.5 Å². The topological polar surface area (TPSA) is 101 Å². The smallest absolute Gasteiger partial charge is 0.164 e. The number of nitrogens with zero attached hydrogens (tertiary/aromatic N) is 7. The van der Waals surface area contributed by atoms with Gasteiger partial charge in [-0.1, -0.05) is 268 Å². The first kappa shape index (κ1) is 63.4. The van der Waals surface area contributed by atoms with Gasteiger partial charge in [0.05, 0.1) is 22.1 Å². The molecule has 3 aliphatic rings. The molecule has 1 spiro atoms. The molecule has 0 N–H and O–H groups in total. The summed E-state index contributed by atoms with van der Waals surface area (Å²) in [5.41, 5.74) is 24.9. The minimum atomic E-state index is -1.89. The summed E-state index contributed by atoms with van der Waals surface area (Å²) in [6.07, 6.45) is 0. The zero-order chi connectivity index (χ0) is 72.3. The lowest BCUT2D eigenvalue weighted by atomic mass is 9.65. The summed E-state index contributed by atoms with van der Waals surface area (Å²) in [6.45, 7) is 4.95. The Balaban J connectivity index is 0.647. The second-order valence-corrected chi connectivity index (χ2v) is 33.2. The SMILES string of the molecule is C[Si]1(C)c2ccccc2-c2cc(-c3ccc(Oc4ccc(-c5nc(-c6ccccc6)nc(-c6ccccc6)n5)cc4)c(-c4ccc5c(c4)c4cccc6c4n5-c4ccccc4C64c5ccccc5-c5ccc(-c6ccc(Oc7ccc(-c8nc(-c9ccccc9)nc(-c9ccccc9)n8)cc7)cc6)cc54)c3)ccc21. The Bertz CT molecular complexity index is 6550. The number of rotatable bonds is 13. The van der Waals surface area contributed by atoms with Gasteiger partial charge in [-0.25, -0.2) is 29.9 Å². The lowest BCUT2D eigenvalue weighted by Gasteiger charge is -2.39. The number of aromatic nitrogens is 7. The van der Waals surface area contributed by atoms with E-state index in [-0.39, 0.29) is 0 Å². The lowest BCUT2D eigenvalue weighted by Crippen LogP contribution is -2.49. The molecule has 1 unspecified atom stereocenters. The number of hydrogen-bond acceptors (Lipinski definition) is 8.